The molecule has 1 N–H and O–H groups in total. The molecule has 0 unspecified atom stereocenters. The van der Waals surface area contributed by atoms with Gasteiger partial charge < -0.3 is 0 Å². The van der Waals surface area contributed by atoms with E-state index in [1.54, 1.807) is 29.1 Å². The van der Waals surface area contributed by atoms with Crippen LogP contribution >= 0.6 is 23.2 Å². The van der Waals surface area contributed by atoms with Crippen LogP contribution in [0.5, 0.6) is 0 Å². The minimum Gasteiger partial charge on any atom is -0.280 e. The molecular formula is C14H11Cl2N3O2S. The van der Waals surface area contributed by atoms with Gasteiger partial charge in [-0.3, -0.25) is 9.40 Å². The first-order valence-corrected chi connectivity index (χ1v) is 8.50. The predicted octanol–water partition coefficient (Wildman–Crippen LogP) is 3.68. The lowest BCUT2D eigenvalue weighted by Crippen LogP contribution is -2.12. The monoisotopic (exact) mass is 355 g/mol. The number of nitrogens with one attached hydrogen (secondary N) is 1. The molecule has 0 saturated heterocycles. The number of aromatic nitrogens is 2. The molecule has 5 nitrogen and oxygen atoms in total. The summed E-state index contributed by atoms with van der Waals surface area (Å²) in [5.74, 6) is 0. The molecule has 0 bridgehead atoms. The van der Waals surface area contributed by atoms with Crippen LogP contribution in [0.25, 0.3) is 10.9 Å². The van der Waals surface area contributed by atoms with E-state index in [4.69, 9.17) is 23.2 Å². The second-order valence-electron chi connectivity index (χ2n) is 4.72. The highest BCUT2D eigenvalue weighted by atomic mass is 35.5. The highest BCUT2D eigenvalue weighted by molar-refractivity contribution is 7.92. The Hall–Kier alpha value is -1.76. The quantitative estimate of drug-likeness (QED) is 0.779. The van der Waals surface area contributed by atoms with Gasteiger partial charge in [-0.2, -0.15) is 5.10 Å². The summed E-state index contributed by atoms with van der Waals surface area (Å²) < 4.78 is 29.0. The van der Waals surface area contributed by atoms with Crippen molar-refractivity contribution < 1.29 is 8.42 Å². The summed E-state index contributed by atoms with van der Waals surface area (Å²) in [5.41, 5.74) is 1.36. The minimum atomic E-state index is -3.73. The summed E-state index contributed by atoms with van der Waals surface area (Å²) in [4.78, 5) is 0.0492. The first-order chi connectivity index (χ1) is 10.4. The summed E-state index contributed by atoms with van der Waals surface area (Å²) >= 11 is 11.7. The average Bonchev–Trinajstić information content (AvgIpc) is 2.82. The van der Waals surface area contributed by atoms with Crippen molar-refractivity contribution in [3.05, 3.63) is 52.6 Å². The fourth-order valence-electron chi connectivity index (χ4n) is 2.09. The molecule has 0 aliphatic heterocycles. The van der Waals surface area contributed by atoms with E-state index in [2.05, 4.69) is 9.82 Å². The molecule has 8 heteroatoms. The normalized spacial score (nSPS) is 11.8. The molecule has 1 heterocycles. The molecule has 3 rings (SSSR count). The number of sulfonamides is 1. The Balaban J connectivity index is 1.96. The molecule has 0 aliphatic carbocycles. The lowest BCUT2D eigenvalue weighted by atomic mass is 10.2. The molecule has 0 spiro atoms. The molecule has 0 fully saturated rings. The Morgan fingerprint density at radius 3 is 2.59 bits per heavy atom. The van der Waals surface area contributed by atoms with Gasteiger partial charge in [0.2, 0.25) is 0 Å². The van der Waals surface area contributed by atoms with E-state index in [9.17, 15) is 8.42 Å². The molecule has 0 radical (unpaired) electrons. The summed E-state index contributed by atoms with van der Waals surface area (Å²) in [6.45, 7) is 0. The van der Waals surface area contributed by atoms with Gasteiger partial charge >= 0.3 is 0 Å². The predicted molar refractivity (Wildman–Crippen MR) is 88.0 cm³/mol. The summed E-state index contributed by atoms with van der Waals surface area (Å²) in [6, 6.07) is 9.36. The summed E-state index contributed by atoms with van der Waals surface area (Å²) in [5, 5.41) is 5.45. The zero-order valence-corrected chi connectivity index (χ0v) is 13.7. The number of halogens is 2. The highest BCUT2D eigenvalue weighted by Gasteiger charge is 2.16. The smallest absolute Gasteiger partial charge is 0.261 e. The summed E-state index contributed by atoms with van der Waals surface area (Å²) in [7, 11) is -1.91. The molecule has 0 saturated carbocycles. The van der Waals surface area contributed by atoms with Crippen LogP contribution in [0.3, 0.4) is 0 Å². The Kier molecular flexibility index (Phi) is 3.76. The zero-order valence-electron chi connectivity index (χ0n) is 11.4. The van der Waals surface area contributed by atoms with Gasteiger partial charge in [0, 0.05) is 18.1 Å². The Morgan fingerprint density at radius 1 is 1.09 bits per heavy atom. The molecule has 3 aromatic rings. The topological polar surface area (TPSA) is 64.0 Å². The van der Waals surface area contributed by atoms with Crippen LogP contribution < -0.4 is 4.72 Å². The van der Waals surface area contributed by atoms with Gasteiger partial charge in [-0.1, -0.05) is 23.2 Å². The molecular weight excluding hydrogens is 345 g/mol. The highest BCUT2D eigenvalue weighted by Crippen LogP contribution is 2.26. The molecule has 1 aromatic heterocycles. The van der Waals surface area contributed by atoms with Gasteiger partial charge in [0.25, 0.3) is 10.0 Å². The number of nitrogens with zero attached hydrogens (tertiary/aromatic N) is 2. The molecule has 2 aromatic carbocycles. The van der Waals surface area contributed by atoms with E-state index in [-0.39, 0.29) is 9.92 Å². The first-order valence-electron chi connectivity index (χ1n) is 6.26. The van der Waals surface area contributed by atoms with Gasteiger partial charge in [0.1, 0.15) is 0 Å². The molecule has 0 aliphatic rings. The van der Waals surface area contributed by atoms with Crippen molar-refractivity contribution in [3.63, 3.8) is 0 Å². The third-order valence-corrected chi connectivity index (χ3v) is 5.32. The Bertz CT molecular complexity index is 967. The van der Waals surface area contributed by atoms with E-state index < -0.39 is 10.0 Å². The third kappa shape index (κ3) is 2.77. The van der Waals surface area contributed by atoms with E-state index in [1.807, 2.05) is 7.05 Å². The number of hydrogen-bond donors (Lipinski definition) is 1. The van der Waals surface area contributed by atoms with Crippen molar-refractivity contribution in [1.82, 2.24) is 9.78 Å². The van der Waals surface area contributed by atoms with Crippen LogP contribution in [0.15, 0.2) is 47.5 Å². The van der Waals surface area contributed by atoms with E-state index in [0.717, 1.165) is 10.9 Å². The van der Waals surface area contributed by atoms with Crippen LogP contribution in [-0.2, 0) is 17.1 Å². The van der Waals surface area contributed by atoms with Crippen LogP contribution in [0, 0.1) is 0 Å². The Labute approximate surface area is 137 Å². The summed E-state index contributed by atoms with van der Waals surface area (Å²) in [6.07, 6.45) is 1.67. The number of hydrogen-bond acceptors (Lipinski definition) is 3. The standard InChI is InChI=1S/C14H11Cl2N3O2S/c1-19-14-5-2-10(6-9(14)8-17-19)18-22(20,21)11-3-4-12(15)13(16)7-11/h2-8,18H,1H3. The van der Waals surface area contributed by atoms with Crippen molar-refractivity contribution in [2.45, 2.75) is 4.90 Å². The van der Waals surface area contributed by atoms with Gasteiger partial charge in [0.15, 0.2) is 0 Å². The largest absolute Gasteiger partial charge is 0.280 e. The molecule has 0 amide bonds. The van der Waals surface area contributed by atoms with Gasteiger partial charge in [0.05, 0.1) is 26.7 Å². The third-order valence-electron chi connectivity index (χ3n) is 3.20. The van der Waals surface area contributed by atoms with E-state index in [0.29, 0.717) is 10.7 Å². The first kappa shape index (κ1) is 15.1. The van der Waals surface area contributed by atoms with Crippen molar-refractivity contribution in [3.8, 4) is 0 Å². The van der Waals surface area contributed by atoms with Crippen LogP contribution in [0.2, 0.25) is 10.0 Å². The fraction of sp³-hybridized carbons (Fsp3) is 0.0714. The van der Waals surface area contributed by atoms with E-state index >= 15 is 0 Å². The number of benzene rings is 2. The lowest BCUT2D eigenvalue weighted by molar-refractivity contribution is 0.601. The minimum absolute atomic E-state index is 0.0492. The number of rotatable bonds is 3. The van der Waals surface area contributed by atoms with Crippen LogP contribution in [0.4, 0.5) is 5.69 Å². The molecule has 114 valence electrons. The lowest BCUT2D eigenvalue weighted by Gasteiger charge is -2.09. The number of anilines is 1. The van der Waals surface area contributed by atoms with Crippen molar-refractivity contribution >= 4 is 49.8 Å². The van der Waals surface area contributed by atoms with Crippen molar-refractivity contribution in [1.29, 1.82) is 0 Å². The fourth-order valence-corrected chi connectivity index (χ4v) is 3.52. The SMILES string of the molecule is Cn1ncc2cc(NS(=O)(=O)c3ccc(Cl)c(Cl)c3)ccc21. The maximum Gasteiger partial charge on any atom is 0.261 e. The molecule has 22 heavy (non-hydrogen) atoms. The van der Waals surface area contributed by atoms with Gasteiger partial charge in [-0.05, 0) is 36.4 Å². The maximum absolute atomic E-state index is 12.4. The average molecular weight is 356 g/mol. The Morgan fingerprint density at radius 2 is 1.86 bits per heavy atom. The van der Waals surface area contributed by atoms with Crippen molar-refractivity contribution in [2.75, 3.05) is 4.72 Å². The van der Waals surface area contributed by atoms with Crippen LogP contribution in [0.1, 0.15) is 0 Å². The number of fused-ring (bicyclic) bond motifs is 1. The molecule has 0 atom stereocenters. The van der Waals surface area contributed by atoms with Gasteiger partial charge in [-0.15, -0.1) is 0 Å². The van der Waals surface area contributed by atoms with E-state index in [1.165, 1.54) is 18.2 Å². The second kappa shape index (κ2) is 5.46. The van der Waals surface area contributed by atoms with Crippen molar-refractivity contribution in [2.24, 2.45) is 7.05 Å². The maximum atomic E-state index is 12.4. The second-order valence-corrected chi connectivity index (χ2v) is 7.22. The number of aryl methyl sites for hydroxylation is 1. The zero-order chi connectivity index (χ0) is 15.9. The van der Waals surface area contributed by atoms with Gasteiger partial charge in [-0.25, -0.2) is 8.42 Å². The van der Waals surface area contributed by atoms with Crippen LogP contribution in [-0.4, -0.2) is 18.2 Å².